The zero-order valence-corrected chi connectivity index (χ0v) is 33.0. The van der Waals surface area contributed by atoms with E-state index in [0.29, 0.717) is 76.1 Å². The van der Waals surface area contributed by atoms with Gasteiger partial charge in [0, 0.05) is 60.4 Å². The number of ether oxygens (including phenoxy) is 3. The Labute approximate surface area is 325 Å². The summed E-state index contributed by atoms with van der Waals surface area (Å²) in [7, 11) is 0. The van der Waals surface area contributed by atoms with Crippen molar-refractivity contribution in [3.63, 3.8) is 0 Å². The van der Waals surface area contributed by atoms with Gasteiger partial charge in [0.15, 0.2) is 11.5 Å². The Kier molecular flexibility index (Phi) is 11.0. The number of imidazole rings is 1. The highest BCUT2D eigenvalue weighted by Gasteiger charge is 2.32. The molecular weight excluding hydrogens is 715 g/mol. The number of ketones is 1. The van der Waals surface area contributed by atoms with Crippen LogP contribution in [-0.4, -0.2) is 78.7 Å². The molecule has 0 saturated carbocycles. The summed E-state index contributed by atoms with van der Waals surface area (Å²) in [5.74, 6) is -1.12. The number of esters is 2. The van der Waals surface area contributed by atoms with Crippen LogP contribution in [-0.2, 0) is 23.8 Å². The molecule has 56 heavy (non-hydrogen) atoms. The van der Waals surface area contributed by atoms with E-state index in [1.54, 1.807) is 84.4 Å². The smallest absolute Gasteiger partial charge is 0.419 e. The number of nitrogens with zero attached hydrogens (tertiary/aromatic N) is 6. The molecule has 1 fully saturated rings. The molecule has 5 heterocycles. The van der Waals surface area contributed by atoms with E-state index in [1.165, 1.54) is 4.57 Å². The van der Waals surface area contributed by atoms with Crippen LogP contribution < -0.4 is 4.90 Å². The number of fused-ring (bicyclic) bond motifs is 2. The molecule has 0 unspecified atom stereocenters. The Hall–Kier alpha value is -6.10. The molecule has 1 N–H and O–H groups in total. The normalized spacial score (nSPS) is 14.5. The summed E-state index contributed by atoms with van der Waals surface area (Å²) in [5.41, 5.74) is 1.79. The number of carbonyl (C=O) groups excluding carboxylic acids is 4. The van der Waals surface area contributed by atoms with Crippen molar-refractivity contribution in [1.82, 2.24) is 24.5 Å². The van der Waals surface area contributed by atoms with Crippen LogP contribution in [0.2, 0.25) is 0 Å². The number of nitriles is 1. The first-order valence-electron chi connectivity index (χ1n) is 18.7. The number of aromatic nitrogens is 5. The minimum atomic E-state index is -0.699. The number of H-pyrrole nitrogens is 1. The van der Waals surface area contributed by atoms with Gasteiger partial charge in [-0.3, -0.25) is 23.9 Å². The maximum Gasteiger partial charge on any atom is 0.419 e. The van der Waals surface area contributed by atoms with Crippen molar-refractivity contribution in [2.75, 3.05) is 18.0 Å². The van der Waals surface area contributed by atoms with Crippen molar-refractivity contribution in [1.29, 1.82) is 5.26 Å². The van der Waals surface area contributed by atoms with Crippen LogP contribution in [0.25, 0.3) is 33.2 Å². The zero-order chi connectivity index (χ0) is 40.5. The Balaban J connectivity index is 1.15. The first kappa shape index (κ1) is 39.6. The quantitative estimate of drug-likeness (QED) is 0.0895. The van der Waals surface area contributed by atoms with Crippen molar-refractivity contribution in [2.24, 2.45) is 11.8 Å². The third kappa shape index (κ3) is 8.88. The molecule has 1 atom stereocenters. The van der Waals surface area contributed by atoms with Gasteiger partial charge in [-0.15, -0.1) is 0 Å². The highest BCUT2D eigenvalue weighted by molar-refractivity contribution is 6.09. The SMILES string of the molecule is CC(C)[C@H](CC(=O)OC(C)(C)C)C(=O)OC1CCN(c2ccc3[nH]c(C(=O)c4ccc(C#N)c(-c5cncc6c5ccn6C(=O)OC(C)(C)C)c4)nc3n2)CC1. The summed E-state index contributed by atoms with van der Waals surface area (Å²) in [4.78, 5) is 71.1. The van der Waals surface area contributed by atoms with Crippen molar-refractivity contribution in [3.05, 3.63) is 71.9 Å². The standard InChI is InChI=1S/C42H47N7O7/c1-24(2)29(20-35(50)55-41(3,4)5)39(52)54-27-13-16-48(17-14-27)34-12-11-32-37(46-34)47-38(45-32)36(51)25-9-10-26(21-43)30(19-25)31-22-44-23-33-28(31)15-18-49(33)40(53)56-42(6,7)8/h9-12,15,18-19,22-24,27,29H,13-14,16-17,20H2,1-8H3,(H,45,46,47)/t29-/m0/s1. The van der Waals surface area contributed by atoms with E-state index in [4.69, 9.17) is 19.2 Å². The number of aromatic amines is 1. The van der Waals surface area contributed by atoms with E-state index in [2.05, 4.69) is 25.9 Å². The van der Waals surface area contributed by atoms with E-state index >= 15 is 0 Å². The summed E-state index contributed by atoms with van der Waals surface area (Å²) in [6.07, 6.45) is 5.04. The van der Waals surface area contributed by atoms with Gasteiger partial charge in [0.2, 0.25) is 5.78 Å². The van der Waals surface area contributed by atoms with Crippen LogP contribution in [0, 0.1) is 23.2 Å². The van der Waals surface area contributed by atoms with Gasteiger partial charge in [-0.1, -0.05) is 13.8 Å². The highest BCUT2D eigenvalue weighted by Crippen LogP contribution is 2.33. The minimum Gasteiger partial charge on any atom is -0.462 e. The summed E-state index contributed by atoms with van der Waals surface area (Å²) in [6.45, 7) is 15.7. The summed E-state index contributed by atoms with van der Waals surface area (Å²) >= 11 is 0. The Morgan fingerprint density at radius 2 is 1.64 bits per heavy atom. The lowest BCUT2D eigenvalue weighted by atomic mass is 9.92. The third-order valence-corrected chi connectivity index (χ3v) is 9.41. The van der Waals surface area contributed by atoms with Crippen molar-refractivity contribution in [2.45, 2.75) is 92.0 Å². The van der Waals surface area contributed by atoms with Gasteiger partial charge < -0.3 is 24.1 Å². The molecule has 0 radical (unpaired) electrons. The maximum atomic E-state index is 13.8. The lowest BCUT2D eigenvalue weighted by Gasteiger charge is -2.33. The van der Waals surface area contributed by atoms with Crippen LogP contribution in [0.3, 0.4) is 0 Å². The molecule has 14 heteroatoms. The van der Waals surface area contributed by atoms with E-state index < -0.39 is 40.9 Å². The Bertz CT molecular complexity index is 2350. The lowest BCUT2D eigenvalue weighted by molar-refractivity contribution is -0.165. The minimum absolute atomic E-state index is 0.0306. The number of hydrogen-bond donors (Lipinski definition) is 1. The van der Waals surface area contributed by atoms with Gasteiger partial charge in [0.1, 0.15) is 23.1 Å². The molecule has 0 amide bonds. The number of piperidine rings is 1. The van der Waals surface area contributed by atoms with Crippen molar-refractivity contribution < 1.29 is 33.4 Å². The van der Waals surface area contributed by atoms with Crippen LogP contribution in [0.1, 0.15) is 96.4 Å². The number of nitrogens with one attached hydrogen (secondary N) is 1. The predicted molar refractivity (Wildman–Crippen MR) is 209 cm³/mol. The van der Waals surface area contributed by atoms with Gasteiger partial charge in [0.05, 0.1) is 41.2 Å². The topological polar surface area (TPSA) is 182 Å². The average molecular weight is 762 g/mol. The fourth-order valence-corrected chi connectivity index (χ4v) is 6.66. The second kappa shape index (κ2) is 15.6. The van der Waals surface area contributed by atoms with Gasteiger partial charge >= 0.3 is 18.0 Å². The van der Waals surface area contributed by atoms with Gasteiger partial charge in [-0.05, 0) is 83.9 Å². The molecule has 0 aliphatic carbocycles. The number of anilines is 1. The molecule has 0 spiro atoms. The number of carbonyl (C=O) groups is 4. The number of rotatable bonds is 9. The van der Waals surface area contributed by atoms with Gasteiger partial charge in [-0.25, -0.2) is 14.8 Å². The maximum absolute atomic E-state index is 13.8. The molecule has 14 nitrogen and oxygen atoms in total. The van der Waals surface area contributed by atoms with Gasteiger partial charge in [-0.2, -0.15) is 5.26 Å². The molecule has 1 aliphatic rings. The molecule has 0 bridgehead atoms. The second-order valence-corrected chi connectivity index (χ2v) is 16.4. The predicted octanol–water partition coefficient (Wildman–Crippen LogP) is 7.38. The summed E-state index contributed by atoms with van der Waals surface area (Å²) in [5, 5.41) is 10.7. The number of pyridine rings is 2. The van der Waals surface area contributed by atoms with Crippen LogP contribution in [0.15, 0.2) is 55.0 Å². The Morgan fingerprint density at radius 3 is 2.30 bits per heavy atom. The Morgan fingerprint density at radius 1 is 0.929 bits per heavy atom. The monoisotopic (exact) mass is 761 g/mol. The summed E-state index contributed by atoms with van der Waals surface area (Å²) in [6, 6.07) is 12.4. The van der Waals surface area contributed by atoms with Crippen molar-refractivity contribution >= 4 is 51.7 Å². The second-order valence-electron chi connectivity index (χ2n) is 16.4. The van der Waals surface area contributed by atoms with Crippen molar-refractivity contribution in [3.8, 4) is 17.2 Å². The molecule has 5 aromatic rings. The average Bonchev–Trinajstić information content (AvgIpc) is 3.77. The molecule has 1 aromatic carbocycles. The van der Waals surface area contributed by atoms with Crippen LogP contribution in [0.5, 0.6) is 0 Å². The highest BCUT2D eigenvalue weighted by atomic mass is 16.6. The fourth-order valence-electron chi connectivity index (χ4n) is 6.66. The van der Waals surface area contributed by atoms with E-state index in [0.717, 1.165) is 0 Å². The lowest BCUT2D eigenvalue weighted by Crippen LogP contribution is -2.40. The first-order chi connectivity index (χ1) is 26.4. The molecule has 1 aliphatic heterocycles. The molecule has 4 aromatic heterocycles. The number of benzene rings is 1. The zero-order valence-electron chi connectivity index (χ0n) is 33.0. The van der Waals surface area contributed by atoms with Crippen LogP contribution >= 0.6 is 0 Å². The van der Waals surface area contributed by atoms with Crippen LogP contribution in [0.4, 0.5) is 10.6 Å². The number of hydrogen-bond acceptors (Lipinski definition) is 12. The molecular formula is C42H47N7O7. The molecule has 1 saturated heterocycles. The third-order valence-electron chi connectivity index (χ3n) is 9.41. The first-order valence-corrected chi connectivity index (χ1v) is 18.7. The van der Waals surface area contributed by atoms with E-state index in [-0.39, 0.29) is 24.3 Å². The largest absolute Gasteiger partial charge is 0.462 e. The summed E-state index contributed by atoms with van der Waals surface area (Å²) < 4.78 is 18.2. The fraction of sp³-hybridized carbons (Fsp3) is 0.429. The van der Waals surface area contributed by atoms with E-state index in [1.807, 2.05) is 26.0 Å². The van der Waals surface area contributed by atoms with E-state index in [9.17, 15) is 24.4 Å². The molecule has 6 rings (SSSR count). The molecule has 292 valence electrons. The van der Waals surface area contributed by atoms with Gasteiger partial charge in [0.25, 0.3) is 0 Å².